The Morgan fingerprint density at radius 3 is 2.26 bits per heavy atom. The number of amides is 1. The zero-order valence-corrected chi connectivity index (χ0v) is 17.0. The van der Waals surface area contributed by atoms with Crippen LogP contribution >= 0.6 is 12.4 Å². The van der Waals surface area contributed by atoms with Gasteiger partial charge in [0, 0.05) is 6.54 Å². The molecule has 1 amide bonds. The van der Waals surface area contributed by atoms with Gasteiger partial charge in [0.2, 0.25) is 5.91 Å². The highest BCUT2D eigenvalue weighted by molar-refractivity contribution is 7.92. The topological polar surface area (TPSA) is 101 Å². The van der Waals surface area contributed by atoms with Crippen LogP contribution in [0.4, 0.5) is 5.69 Å². The molecule has 0 aromatic heterocycles. The molecule has 0 bridgehead atoms. The number of para-hydroxylation sites is 1. The Morgan fingerprint density at radius 2 is 1.63 bits per heavy atom. The molecule has 0 spiro atoms. The van der Waals surface area contributed by atoms with Crippen LogP contribution < -0.4 is 15.8 Å². The van der Waals surface area contributed by atoms with Crippen molar-refractivity contribution in [3.63, 3.8) is 0 Å². The molecule has 0 fully saturated rings. The maximum Gasteiger partial charge on any atom is 0.261 e. The van der Waals surface area contributed by atoms with E-state index in [9.17, 15) is 13.2 Å². The second-order valence-electron chi connectivity index (χ2n) is 6.53. The number of nitrogens with one attached hydrogen (secondary N) is 2. The van der Waals surface area contributed by atoms with Gasteiger partial charge in [-0.05, 0) is 36.1 Å². The molecule has 0 aliphatic carbocycles. The van der Waals surface area contributed by atoms with Crippen LogP contribution in [0.2, 0.25) is 0 Å². The number of hydrogen-bond donors (Lipinski definition) is 3. The average molecular weight is 412 g/mol. The van der Waals surface area contributed by atoms with Gasteiger partial charge in [-0.15, -0.1) is 12.4 Å². The smallest absolute Gasteiger partial charge is 0.261 e. The third-order valence-electron chi connectivity index (χ3n) is 3.83. The van der Waals surface area contributed by atoms with Crippen LogP contribution in [0.3, 0.4) is 0 Å². The van der Waals surface area contributed by atoms with Gasteiger partial charge in [-0.1, -0.05) is 50.2 Å². The normalized spacial score (nSPS) is 12.1. The van der Waals surface area contributed by atoms with Gasteiger partial charge in [0.25, 0.3) is 10.0 Å². The van der Waals surface area contributed by atoms with Crippen molar-refractivity contribution in [2.75, 3.05) is 4.72 Å². The first-order chi connectivity index (χ1) is 12.3. The molecule has 2 aromatic carbocycles. The second kappa shape index (κ2) is 10.3. The summed E-state index contributed by atoms with van der Waals surface area (Å²) in [7, 11) is -3.69. The number of benzene rings is 2. The van der Waals surface area contributed by atoms with Crippen LogP contribution in [-0.4, -0.2) is 20.4 Å². The van der Waals surface area contributed by atoms with Crippen LogP contribution in [0.25, 0.3) is 0 Å². The highest BCUT2D eigenvalue weighted by atomic mass is 35.5. The van der Waals surface area contributed by atoms with E-state index in [4.69, 9.17) is 5.73 Å². The number of anilines is 1. The van der Waals surface area contributed by atoms with Crippen molar-refractivity contribution in [3.05, 3.63) is 60.2 Å². The lowest BCUT2D eigenvalue weighted by molar-refractivity contribution is -0.122. The van der Waals surface area contributed by atoms with E-state index in [1.807, 2.05) is 13.8 Å². The molecule has 0 saturated carbocycles. The summed E-state index contributed by atoms with van der Waals surface area (Å²) in [4.78, 5) is 12.3. The Kier molecular flexibility index (Phi) is 8.75. The summed E-state index contributed by atoms with van der Waals surface area (Å²) in [6.45, 7) is 4.19. The molecule has 0 aliphatic heterocycles. The summed E-state index contributed by atoms with van der Waals surface area (Å²) < 4.78 is 27.6. The van der Waals surface area contributed by atoms with Gasteiger partial charge in [-0.2, -0.15) is 0 Å². The minimum Gasteiger partial charge on any atom is -0.351 e. The summed E-state index contributed by atoms with van der Waals surface area (Å²) in [5.41, 5.74) is 6.96. The van der Waals surface area contributed by atoms with Crippen LogP contribution in [0, 0.1) is 5.92 Å². The predicted octanol–water partition coefficient (Wildman–Crippen LogP) is 2.90. The van der Waals surface area contributed by atoms with E-state index in [0.29, 0.717) is 23.6 Å². The summed E-state index contributed by atoms with van der Waals surface area (Å²) in [6, 6.07) is 14.5. The van der Waals surface area contributed by atoms with Gasteiger partial charge in [0.15, 0.2) is 0 Å². The Balaban J connectivity index is 0.00000364. The number of carbonyl (C=O) groups excluding carboxylic acids is 1. The molecule has 0 radical (unpaired) electrons. The van der Waals surface area contributed by atoms with Crippen molar-refractivity contribution >= 4 is 34.0 Å². The van der Waals surface area contributed by atoms with Crippen molar-refractivity contribution < 1.29 is 13.2 Å². The molecule has 8 heteroatoms. The SMILES string of the molecule is CC(C)C[C@H](N)C(=O)NCc1ccccc1NS(=O)(=O)c1ccccc1.Cl. The van der Waals surface area contributed by atoms with Gasteiger partial charge in [0.05, 0.1) is 16.6 Å². The zero-order valence-electron chi connectivity index (χ0n) is 15.4. The molecule has 0 heterocycles. The second-order valence-corrected chi connectivity index (χ2v) is 8.21. The Labute approximate surface area is 167 Å². The first kappa shape index (κ1) is 23.0. The number of sulfonamides is 1. The van der Waals surface area contributed by atoms with Crippen molar-refractivity contribution in [2.45, 2.75) is 37.8 Å². The molecule has 1 atom stereocenters. The van der Waals surface area contributed by atoms with Gasteiger partial charge in [-0.25, -0.2) is 8.42 Å². The fraction of sp³-hybridized carbons (Fsp3) is 0.316. The van der Waals surface area contributed by atoms with E-state index >= 15 is 0 Å². The molecule has 0 unspecified atom stereocenters. The number of halogens is 1. The van der Waals surface area contributed by atoms with E-state index in [0.717, 1.165) is 0 Å². The van der Waals surface area contributed by atoms with E-state index in [2.05, 4.69) is 10.0 Å². The van der Waals surface area contributed by atoms with E-state index in [1.165, 1.54) is 12.1 Å². The monoisotopic (exact) mass is 411 g/mol. The summed E-state index contributed by atoms with van der Waals surface area (Å²) in [5, 5.41) is 2.77. The molecular weight excluding hydrogens is 386 g/mol. The summed E-state index contributed by atoms with van der Waals surface area (Å²) in [5.74, 6) is 0.0696. The maximum atomic E-state index is 12.5. The quantitative estimate of drug-likeness (QED) is 0.621. The molecule has 6 nitrogen and oxygen atoms in total. The third-order valence-corrected chi connectivity index (χ3v) is 5.21. The predicted molar refractivity (Wildman–Crippen MR) is 110 cm³/mol. The molecule has 0 aliphatic rings. The number of carbonyl (C=O) groups is 1. The Hall–Kier alpha value is -2.09. The number of nitrogens with two attached hydrogens (primary N) is 1. The molecule has 2 rings (SSSR count). The fourth-order valence-corrected chi connectivity index (χ4v) is 3.63. The molecular formula is C19H26ClN3O3S. The lowest BCUT2D eigenvalue weighted by Gasteiger charge is -2.16. The third kappa shape index (κ3) is 6.86. The van der Waals surface area contributed by atoms with Crippen LogP contribution in [0.5, 0.6) is 0 Å². The van der Waals surface area contributed by atoms with Crippen LogP contribution in [-0.2, 0) is 21.4 Å². The van der Waals surface area contributed by atoms with Gasteiger partial charge >= 0.3 is 0 Å². The Morgan fingerprint density at radius 1 is 1.04 bits per heavy atom. The summed E-state index contributed by atoms with van der Waals surface area (Å²) in [6.07, 6.45) is 0.591. The lowest BCUT2D eigenvalue weighted by Crippen LogP contribution is -2.41. The largest absolute Gasteiger partial charge is 0.351 e. The highest BCUT2D eigenvalue weighted by Crippen LogP contribution is 2.20. The number of rotatable bonds is 8. The average Bonchev–Trinajstić information content (AvgIpc) is 2.60. The molecule has 0 saturated heterocycles. The zero-order chi connectivity index (χ0) is 19.2. The summed E-state index contributed by atoms with van der Waals surface area (Å²) >= 11 is 0. The highest BCUT2D eigenvalue weighted by Gasteiger charge is 2.17. The molecule has 2 aromatic rings. The molecule has 27 heavy (non-hydrogen) atoms. The first-order valence-corrected chi connectivity index (χ1v) is 9.97. The van der Waals surface area contributed by atoms with Gasteiger partial charge in [-0.3, -0.25) is 9.52 Å². The van der Waals surface area contributed by atoms with Crippen molar-refractivity contribution in [1.29, 1.82) is 0 Å². The minimum absolute atomic E-state index is 0. The van der Waals surface area contributed by atoms with E-state index in [-0.39, 0.29) is 29.8 Å². The van der Waals surface area contributed by atoms with Gasteiger partial charge < -0.3 is 11.1 Å². The van der Waals surface area contributed by atoms with Crippen LogP contribution in [0.1, 0.15) is 25.8 Å². The number of hydrogen-bond acceptors (Lipinski definition) is 4. The van der Waals surface area contributed by atoms with E-state index < -0.39 is 16.1 Å². The van der Waals surface area contributed by atoms with Gasteiger partial charge in [0.1, 0.15) is 0 Å². The first-order valence-electron chi connectivity index (χ1n) is 8.48. The van der Waals surface area contributed by atoms with E-state index in [1.54, 1.807) is 42.5 Å². The Bertz CT molecular complexity index is 842. The maximum absolute atomic E-state index is 12.5. The van der Waals surface area contributed by atoms with Crippen molar-refractivity contribution in [2.24, 2.45) is 11.7 Å². The standard InChI is InChI=1S/C19H25N3O3S.ClH/c1-14(2)12-17(20)19(23)21-13-15-8-6-7-11-18(15)22-26(24,25)16-9-4-3-5-10-16;/h3-11,14,17,22H,12-13,20H2,1-2H3,(H,21,23);1H/t17-;/m0./s1. The molecule has 148 valence electrons. The van der Waals surface area contributed by atoms with Crippen molar-refractivity contribution in [3.8, 4) is 0 Å². The fourth-order valence-electron chi connectivity index (χ4n) is 2.51. The van der Waals surface area contributed by atoms with Crippen molar-refractivity contribution in [1.82, 2.24) is 5.32 Å². The minimum atomic E-state index is -3.69. The molecule has 4 N–H and O–H groups in total. The van der Waals surface area contributed by atoms with Crippen LogP contribution in [0.15, 0.2) is 59.5 Å². The lowest BCUT2D eigenvalue weighted by atomic mass is 10.0.